The van der Waals surface area contributed by atoms with Crippen LogP contribution in [0.4, 0.5) is 5.69 Å². The van der Waals surface area contributed by atoms with Crippen molar-refractivity contribution in [2.24, 2.45) is 0 Å². The van der Waals surface area contributed by atoms with Gasteiger partial charge < -0.3 is 5.32 Å². The van der Waals surface area contributed by atoms with E-state index < -0.39 is 0 Å². The number of nitrogens with zero attached hydrogens (tertiary/aromatic N) is 4. The molecule has 2 rings (SSSR count). The number of nitrogens with one attached hydrogen (secondary N) is 1. The van der Waals surface area contributed by atoms with Gasteiger partial charge in [-0.2, -0.15) is 10.2 Å². The van der Waals surface area contributed by atoms with Crippen LogP contribution < -0.4 is 5.32 Å². The highest BCUT2D eigenvalue weighted by molar-refractivity contribution is 5.85. The number of aromatic nitrogens is 4. The lowest BCUT2D eigenvalue weighted by molar-refractivity contribution is 0.627. The average Bonchev–Trinajstić information content (AvgIpc) is 2.92. The molecule has 0 aromatic carbocycles. The number of hydrogen-bond acceptors (Lipinski definition) is 3. The summed E-state index contributed by atoms with van der Waals surface area (Å²) in [6, 6.07) is 2.04. The van der Waals surface area contributed by atoms with Crippen molar-refractivity contribution in [2.75, 3.05) is 5.32 Å². The molecule has 0 radical (unpaired) electrons. The first-order chi connectivity index (χ1) is 8.24. The number of halogens is 1. The lowest BCUT2D eigenvalue weighted by Crippen LogP contribution is -2.07. The summed E-state index contributed by atoms with van der Waals surface area (Å²) in [7, 11) is 0. The molecule has 0 aliphatic carbocycles. The van der Waals surface area contributed by atoms with Crippen molar-refractivity contribution in [3.05, 3.63) is 29.8 Å². The third-order valence-corrected chi connectivity index (χ3v) is 2.83. The molecule has 2 heterocycles. The molecule has 0 aliphatic heterocycles. The Hall–Kier alpha value is -1.49. The van der Waals surface area contributed by atoms with E-state index in [0.29, 0.717) is 0 Å². The van der Waals surface area contributed by atoms with E-state index in [2.05, 4.69) is 29.4 Å². The quantitative estimate of drug-likeness (QED) is 0.907. The Labute approximate surface area is 114 Å². The maximum Gasteiger partial charge on any atom is 0.0825 e. The largest absolute Gasteiger partial charge is 0.377 e. The van der Waals surface area contributed by atoms with Gasteiger partial charge in [0.25, 0.3) is 0 Å². The fourth-order valence-corrected chi connectivity index (χ4v) is 1.83. The van der Waals surface area contributed by atoms with Crippen molar-refractivity contribution in [1.29, 1.82) is 0 Å². The molecule has 0 fully saturated rings. The Kier molecular flexibility index (Phi) is 5.22. The van der Waals surface area contributed by atoms with Crippen LogP contribution in [0.3, 0.4) is 0 Å². The van der Waals surface area contributed by atoms with Crippen LogP contribution in [0.15, 0.2) is 18.5 Å². The van der Waals surface area contributed by atoms with E-state index in [0.717, 1.165) is 31.0 Å². The maximum atomic E-state index is 4.40. The van der Waals surface area contributed by atoms with Gasteiger partial charge in [-0.25, -0.2) is 0 Å². The lowest BCUT2D eigenvalue weighted by Gasteiger charge is -2.06. The number of anilines is 1. The van der Waals surface area contributed by atoms with Gasteiger partial charge in [0.1, 0.15) is 0 Å². The van der Waals surface area contributed by atoms with Crippen LogP contribution >= 0.6 is 12.4 Å². The first kappa shape index (κ1) is 14.6. The summed E-state index contributed by atoms with van der Waals surface area (Å²) < 4.78 is 3.93. The zero-order valence-corrected chi connectivity index (χ0v) is 11.9. The summed E-state index contributed by atoms with van der Waals surface area (Å²) in [5.41, 5.74) is 3.32. The SMILES string of the molecule is CCn1cc(NCc2ccnn2CC)c(C)n1.Cl. The smallest absolute Gasteiger partial charge is 0.0825 e. The van der Waals surface area contributed by atoms with Gasteiger partial charge in [0, 0.05) is 25.5 Å². The molecule has 6 heteroatoms. The summed E-state index contributed by atoms with van der Waals surface area (Å²) >= 11 is 0. The summed E-state index contributed by atoms with van der Waals surface area (Å²) in [4.78, 5) is 0. The van der Waals surface area contributed by atoms with Crippen molar-refractivity contribution in [1.82, 2.24) is 19.6 Å². The minimum absolute atomic E-state index is 0. The maximum absolute atomic E-state index is 4.40. The molecule has 0 saturated heterocycles. The molecule has 1 N–H and O–H groups in total. The minimum Gasteiger partial charge on any atom is -0.377 e. The highest BCUT2D eigenvalue weighted by Crippen LogP contribution is 2.13. The van der Waals surface area contributed by atoms with Crippen LogP contribution in [-0.4, -0.2) is 19.6 Å². The van der Waals surface area contributed by atoms with Gasteiger partial charge in [-0.05, 0) is 26.8 Å². The van der Waals surface area contributed by atoms with E-state index >= 15 is 0 Å². The molecule has 2 aromatic heterocycles. The monoisotopic (exact) mass is 269 g/mol. The Morgan fingerprint density at radius 2 is 2.06 bits per heavy atom. The number of hydrogen-bond donors (Lipinski definition) is 1. The van der Waals surface area contributed by atoms with Crippen LogP contribution in [0.1, 0.15) is 25.2 Å². The van der Waals surface area contributed by atoms with Gasteiger partial charge in [-0.1, -0.05) is 0 Å². The first-order valence-corrected chi connectivity index (χ1v) is 6.03. The summed E-state index contributed by atoms with van der Waals surface area (Å²) in [6.45, 7) is 8.78. The predicted molar refractivity (Wildman–Crippen MR) is 75.1 cm³/mol. The Morgan fingerprint density at radius 3 is 2.67 bits per heavy atom. The summed E-state index contributed by atoms with van der Waals surface area (Å²) in [6.07, 6.45) is 3.88. The minimum atomic E-state index is 0. The standard InChI is InChI=1S/C12H19N5.ClH/c1-4-16-9-12(10(3)15-16)13-8-11-6-7-14-17(11)5-2;/h6-7,9,13H,4-5,8H2,1-3H3;1H. The molecule has 0 bridgehead atoms. The highest BCUT2D eigenvalue weighted by Gasteiger charge is 2.05. The number of aryl methyl sites for hydroxylation is 3. The molecule has 0 unspecified atom stereocenters. The van der Waals surface area contributed by atoms with Crippen LogP contribution in [0, 0.1) is 6.92 Å². The van der Waals surface area contributed by atoms with E-state index in [1.165, 1.54) is 5.69 Å². The van der Waals surface area contributed by atoms with Crippen molar-refractivity contribution in [3.8, 4) is 0 Å². The molecule has 18 heavy (non-hydrogen) atoms. The van der Waals surface area contributed by atoms with E-state index in [-0.39, 0.29) is 12.4 Å². The van der Waals surface area contributed by atoms with E-state index in [1.54, 1.807) is 0 Å². The average molecular weight is 270 g/mol. The summed E-state index contributed by atoms with van der Waals surface area (Å²) in [5.74, 6) is 0. The molecule has 0 spiro atoms. The second-order valence-corrected chi connectivity index (χ2v) is 3.98. The molecule has 2 aromatic rings. The van der Waals surface area contributed by atoms with Crippen molar-refractivity contribution >= 4 is 18.1 Å². The van der Waals surface area contributed by atoms with Gasteiger partial charge in [-0.3, -0.25) is 9.36 Å². The molecule has 0 atom stereocenters. The fraction of sp³-hybridized carbons (Fsp3) is 0.500. The zero-order valence-electron chi connectivity index (χ0n) is 11.1. The number of rotatable bonds is 5. The molecule has 0 aliphatic rings. The van der Waals surface area contributed by atoms with E-state index in [9.17, 15) is 0 Å². The van der Waals surface area contributed by atoms with Gasteiger partial charge in [0.05, 0.1) is 23.6 Å². The van der Waals surface area contributed by atoms with Crippen LogP contribution in [0.5, 0.6) is 0 Å². The summed E-state index contributed by atoms with van der Waals surface area (Å²) in [5, 5.41) is 12.1. The van der Waals surface area contributed by atoms with E-state index in [1.807, 2.05) is 34.7 Å². The first-order valence-electron chi connectivity index (χ1n) is 6.03. The van der Waals surface area contributed by atoms with Crippen molar-refractivity contribution in [2.45, 2.75) is 40.4 Å². The van der Waals surface area contributed by atoms with Crippen molar-refractivity contribution in [3.63, 3.8) is 0 Å². The molecular weight excluding hydrogens is 250 g/mol. The molecule has 5 nitrogen and oxygen atoms in total. The molecule has 0 saturated carbocycles. The van der Waals surface area contributed by atoms with Crippen LogP contribution in [0.25, 0.3) is 0 Å². The normalized spacial score (nSPS) is 10.2. The topological polar surface area (TPSA) is 47.7 Å². The van der Waals surface area contributed by atoms with Gasteiger partial charge >= 0.3 is 0 Å². The van der Waals surface area contributed by atoms with Gasteiger partial charge in [0.15, 0.2) is 0 Å². The van der Waals surface area contributed by atoms with Crippen molar-refractivity contribution < 1.29 is 0 Å². The zero-order chi connectivity index (χ0) is 12.3. The second-order valence-electron chi connectivity index (χ2n) is 3.98. The van der Waals surface area contributed by atoms with Gasteiger partial charge in [0.2, 0.25) is 0 Å². The highest BCUT2D eigenvalue weighted by atomic mass is 35.5. The molecular formula is C12H20ClN5. The predicted octanol–water partition coefficient (Wildman–Crippen LogP) is 2.46. The third kappa shape index (κ3) is 3.04. The Morgan fingerprint density at radius 1 is 1.28 bits per heavy atom. The lowest BCUT2D eigenvalue weighted by atomic mass is 10.3. The Bertz CT molecular complexity index is 488. The van der Waals surface area contributed by atoms with Gasteiger partial charge in [-0.15, -0.1) is 12.4 Å². The van der Waals surface area contributed by atoms with Crippen LogP contribution in [-0.2, 0) is 19.6 Å². The van der Waals surface area contributed by atoms with E-state index in [4.69, 9.17) is 0 Å². The third-order valence-electron chi connectivity index (χ3n) is 2.83. The molecule has 100 valence electrons. The Balaban J connectivity index is 0.00000162. The fourth-order valence-electron chi connectivity index (χ4n) is 1.83. The van der Waals surface area contributed by atoms with Crippen LogP contribution in [0.2, 0.25) is 0 Å². The second kappa shape index (κ2) is 6.44. The molecule has 0 amide bonds.